The van der Waals surface area contributed by atoms with Crippen LogP contribution in [0.3, 0.4) is 0 Å². The van der Waals surface area contributed by atoms with Crippen molar-refractivity contribution in [2.75, 3.05) is 17.3 Å². The van der Waals surface area contributed by atoms with Gasteiger partial charge >= 0.3 is 0 Å². The monoisotopic (exact) mass is 239 g/mol. The molecule has 1 atom stereocenters. The van der Waals surface area contributed by atoms with E-state index in [0.29, 0.717) is 24.2 Å². The van der Waals surface area contributed by atoms with Gasteiger partial charge in [0, 0.05) is 18.3 Å². The van der Waals surface area contributed by atoms with E-state index in [1.807, 2.05) is 13.0 Å². The highest BCUT2D eigenvalue weighted by molar-refractivity contribution is 5.41. The molecule has 6 heteroatoms. The Hall–Kier alpha value is -1.40. The topological polar surface area (TPSA) is 96.1 Å². The number of nitrogens with zero attached hydrogens (tertiary/aromatic N) is 2. The van der Waals surface area contributed by atoms with Crippen LogP contribution in [0.1, 0.15) is 26.0 Å². The lowest BCUT2D eigenvalue weighted by Gasteiger charge is -2.14. The summed E-state index contributed by atoms with van der Waals surface area (Å²) < 4.78 is 0. The van der Waals surface area contributed by atoms with E-state index in [1.165, 1.54) is 0 Å². The minimum atomic E-state index is -0.375. The highest BCUT2D eigenvalue weighted by Crippen LogP contribution is 2.10. The normalized spacial score (nSPS) is 12.6. The van der Waals surface area contributed by atoms with Crippen LogP contribution in [0.2, 0.25) is 0 Å². The molecule has 0 aliphatic heterocycles. The van der Waals surface area contributed by atoms with E-state index >= 15 is 0 Å². The van der Waals surface area contributed by atoms with Crippen molar-refractivity contribution in [1.29, 1.82) is 0 Å². The van der Waals surface area contributed by atoms with Crippen molar-refractivity contribution in [1.82, 2.24) is 9.97 Å². The van der Waals surface area contributed by atoms with Crippen molar-refractivity contribution < 1.29 is 5.11 Å². The summed E-state index contributed by atoms with van der Waals surface area (Å²) in [7, 11) is 0. The molecule has 0 aliphatic rings. The van der Waals surface area contributed by atoms with Crippen LogP contribution in [-0.2, 0) is 0 Å². The van der Waals surface area contributed by atoms with Crippen molar-refractivity contribution >= 4 is 11.8 Å². The maximum absolute atomic E-state index is 9.73. The first-order valence-electron chi connectivity index (χ1n) is 5.75. The van der Waals surface area contributed by atoms with Crippen molar-refractivity contribution in [2.45, 2.75) is 33.3 Å². The second kappa shape index (κ2) is 6.36. The van der Waals surface area contributed by atoms with Crippen LogP contribution in [0.5, 0.6) is 0 Å². The Balaban J connectivity index is 2.54. The SMILES string of the molecule is Cc1cc(NCC(O)CC(C)C)nc(NN)n1. The first-order chi connectivity index (χ1) is 8.01. The van der Waals surface area contributed by atoms with Gasteiger partial charge in [0.25, 0.3) is 0 Å². The van der Waals surface area contributed by atoms with Gasteiger partial charge in [0.05, 0.1) is 6.10 Å². The van der Waals surface area contributed by atoms with Gasteiger partial charge < -0.3 is 10.4 Å². The second-order valence-corrected chi connectivity index (χ2v) is 4.53. The molecule has 1 rings (SSSR count). The molecular formula is C11H21N5O. The number of aryl methyl sites for hydroxylation is 1. The Morgan fingerprint density at radius 1 is 1.41 bits per heavy atom. The number of hydrogen-bond acceptors (Lipinski definition) is 6. The predicted octanol–water partition coefficient (Wildman–Crippen LogP) is 0.890. The lowest BCUT2D eigenvalue weighted by atomic mass is 10.1. The van der Waals surface area contributed by atoms with Crippen LogP contribution in [0.15, 0.2) is 6.07 Å². The summed E-state index contributed by atoms with van der Waals surface area (Å²) in [5.41, 5.74) is 3.22. The van der Waals surface area contributed by atoms with Crippen LogP contribution in [0.4, 0.5) is 11.8 Å². The largest absolute Gasteiger partial charge is 0.391 e. The van der Waals surface area contributed by atoms with Crippen molar-refractivity contribution in [2.24, 2.45) is 11.8 Å². The highest BCUT2D eigenvalue weighted by atomic mass is 16.3. The van der Waals surface area contributed by atoms with Gasteiger partial charge in [-0.05, 0) is 19.3 Å². The fraction of sp³-hybridized carbons (Fsp3) is 0.636. The zero-order valence-electron chi connectivity index (χ0n) is 10.6. The zero-order chi connectivity index (χ0) is 12.8. The Labute approximate surface area is 102 Å². The maximum atomic E-state index is 9.73. The average Bonchev–Trinajstić information content (AvgIpc) is 2.24. The van der Waals surface area contributed by atoms with Gasteiger partial charge in [-0.1, -0.05) is 13.8 Å². The first kappa shape index (κ1) is 13.7. The van der Waals surface area contributed by atoms with Crippen LogP contribution in [0, 0.1) is 12.8 Å². The molecule has 1 aromatic heterocycles. The van der Waals surface area contributed by atoms with Crippen LogP contribution < -0.4 is 16.6 Å². The lowest BCUT2D eigenvalue weighted by molar-refractivity contribution is 0.161. The molecule has 1 unspecified atom stereocenters. The molecule has 1 aromatic rings. The predicted molar refractivity (Wildman–Crippen MR) is 68.5 cm³/mol. The maximum Gasteiger partial charge on any atom is 0.239 e. The molecule has 0 bridgehead atoms. The number of aromatic nitrogens is 2. The van der Waals surface area contributed by atoms with E-state index in [9.17, 15) is 5.11 Å². The molecule has 96 valence electrons. The Kier molecular flexibility index (Phi) is 5.11. The summed E-state index contributed by atoms with van der Waals surface area (Å²) in [5.74, 6) is 6.76. The quantitative estimate of drug-likeness (QED) is 0.435. The molecule has 0 aliphatic carbocycles. The minimum absolute atomic E-state index is 0.367. The van der Waals surface area contributed by atoms with Crippen molar-refractivity contribution in [3.8, 4) is 0 Å². The molecule has 6 nitrogen and oxygen atoms in total. The number of hydrogen-bond donors (Lipinski definition) is 4. The summed E-state index contributed by atoms with van der Waals surface area (Å²) in [5, 5.41) is 12.8. The number of anilines is 2. The second-order valence-electron chi connectivity index (χ2n) is 4.53. The molecular weight excluding hydrogens is 218 g/mol. The average molecular weight is 239 g/mol. The lowest BCUT2D eigenvalue weighted by Crippen LogP contribution is -2.22. The van der Waals surface area contributed by atoms with Gasteiger partial charge in [-0.3, -0.25) is 5.43 Å². The standard InChI is InChI=1S/C11H21N5O/c1-7(2)4-9(17)6-13-10-5-8(3)14-11(15-10)16-12/h5,7,9,17H,4,6,12H2,1-3H3,(H2,13,14,15,16). The minimum Gasteiger partial charge on any atom is -0.391 e. The fourth-order valence-electron chi connectivity index (χ4n) is 1.57. The van der Waals surface area contributed by atoms with E-state index in [4.69, 9.17) is 5.84 Å². The molecule has 0 fully saturated rings. The summed E-state index contributed by atoms with van der Waals surface area (Å²) in [6, 6.07) is 1.81. The number of aliphatic hydroxyl groups excluding tert-OH is 1. The number of nitrogens with one attached hydrogen (secondary N) is 2. The van der Waals surface area contributed by atoms with E-state index in [1.54, 1.807) is 0 Å². The molecule has 0 aromatic carbocycles. The molecule has 0 spiro atoms. The van der Waals surface area contributed by atoms with Gasteiger partial charge in [-0.2, -0.15) is 4.98 Å². The number of hydrazine groups is 1. The van der Waals surface area contributed by atoms with Gasteiger partial charge in [0.2, 0.25) is 5.95 Å². The van der Waals surface area contributed by atoms with E-state index < -0.39 is 0 Å². The molecule has 0 amide bonds. The third-order valence-electron chi connectivity index (χ3n) is 2.25. The highest BCUT2D eigenvalue weighted by Gasteiger charge is 2.07. The molecule has 5 N–H and O–H groups in total. The molecule has 0 radical (unpaired) electrons. The number of nitrogens with two attached hydrogens (primary N) is 1. The smallest absolute Gasteiger partial charge is 0.239 e. The van der Waals surface area contributed by atoms with Gasteiger partial charge in [-0.25, -0.2) is 10.8 Å². The molecule has 17 heavy (non-hydrogen) atoms. The third kappa shape index (κ3) is 4.97. The van der Waals surface area contributed by atoms with Crippen LogP contribution >= 0.6 is 0 Å². The first-order valence-corrected chi connectivity index (χ1v) is 5.75. The summed E-state index contributed by atoms with van der Waals surface area (Å²) in [4.78, 5) is 8.21. The van der Waals surface area contributed by atoms with Gasteiger partial charge in [0.15, 0.2) is 0 Å². The van der Waals surface area contributed by atoms with Crippen molar-refractivity contribution in [3.05, 3.63) is 11.8 Å². The number of aliphatic hydroxyl groups is 1. The third-order valence-corrected chi connectivity index (χ3v) is 2.25. The van der Waals surface area contributed by atoms with Crippen molar-refractivity contribution in [3.63, 3.8) is 0 Å². The Morgan fingerprint density at radius 2 is 2.12 bits per heavy atom. The Bertz CT molecular complexity index is 356. The van der Waals surface area contributed by atoms with Gasteiger partial charge in [0.1, 0.15) is 5.82 Å². The van der Waals surface area contributed by atoms with Gasteiger partial charge in [-0.15, -0.1) is 0 Å². The zero-order valence-corrected chi connectivity index (χ0v) is 10.6. The van der Waals surface area contributed by atoms with Crippen LogP contribution in [0.25, 0.3) is 0 Å². The fourth-order valence-corrected chi connectivity index (χ4v) is 1.57. The number of rotatable bonds is 6. The summed E-state index contributed by atoms with van der Waals surface area (Å²) >= 11 is 0. The molecule has 1 heterocycles. The Morgan fingerprint density at radius 3 is 2.71 bits per heavy atom. The van der Waals surface area contributed by atoms with E-state index in [-0.39, 0.29) is 6.10 Å². The summed E-state index contributed by atoms with van der Waals surface area (Å²) in [6.07, 6.45) is 0.388. The molecule has 0 saturated heterocycles. The summed E-state index contributed by atoms with van der Waals surface area (Å²) in [6.45, 7) is 6.49. The van der Waals surface area contributed by atoms with E-state index in [2.05, 4.69) is 34.6 Å². The van der Waals surface area contributed by atoms with E-state index in [0.717, 1.165) is 12.1 Å². The number of nitrogen functional groups attached to an aromatic ring is 1. The molecule has 0 saturated carbocycles. The van der Waals surface area contributed by atoms with Crippen LogP contribution in [-0.4, -0.2) is 27.7 Å².